The maximum absolute atomic E-state index is 4.83. The van der Waals surface area contributed by atoms with E-state index in [0.717, 1.165) is 11.9 Å². The van der Waals surface area contributed by atoms with Gasteiger partial charge in [0.2, 0.25) is 0 Å². The highest BCUT2D eigenvalue weighted by atomic mass is 14.9. The van der Waals surface area contributed by atoms with Crippen LogP contribution in [0.4, 0.5) is 0 Å². The topological polar surface area (TPSA) is 24.9 Å². The molecule has 1 atom stereocenters. The molecule has 1 fully saturated rings. The average molecular weight is 268 g/mol. The van der Waals surface area contributed by atoms with Crippen LogP contribution in [0.15, 0.2) is 36.4 Å². The Kier molecular flexibility index (Phi) is 3.75. The van der Waals surface area contributed by atoms with Gasteiger partial charge in [0.1, 0.15) is 0 Å². The average Bonchev–Trinajstić information content (AvgIpc) is 2.92. The summed E-state index contributed by atoms with van der Waals surface area (Å²) >= 11 is 0. The number of pyridine rings is 1. The Morgan fingerprint density at radius 1 is 1.15 bits per heavy atom. The molecular formula is C18H24N2. The largest absolute Gasteiger partial charge is 0.316 e. The predicted molar refractivity (Wildman–Crippen MR) is 84.9 cm³/mol. The first-order valence-corrected chi connectivity index (χ1v) is 7.73. The van der Waals surface area contributed by atoms with Gasteiger partial charge in [0.05, 0.1) is 5.52 Å². The monoisotopic (exact) mass is 268 g/mol. The van der Waals surface area contributed by atoms with Crippen molar-refractivity contribution in [1.29, 1.82) is 0 Å². The van der Waals surface area contributed by atoms with Crippen LogP contribution >= 0.6 is 0 Å². The Bertz CT molecular complexity index is 585. The van der Waals surface area contributed by atoms with Crippen LogP contribution in [0.5, 0.6) is 0 Å². The summed E-state index contributed by atoms with van der Waals surface area (Å²) in [5, 5.41) is 4.77. The van der Waals surface area contributed by atoms with Gasteiger partial charge in [-0.25, -0.2) is 0 Å². The van der Waals surface area contributed by atoms with E-state index < -0.39 is 0 Å². The highest BCUT2D eigenvalue weighted by Crippen LogP contribution is 2.41. The summed E-state index contributed by atoms with van der Waals surface area (Å²) in [7, 11) is 2.09. The van der Waals surface area contributed by atoms with Crippen LogP contribution in [0.3, 0.4) is 0 Å². The van der Waals surface area contributed by atoms with Crippen molar-refractivity contribution in [2.75, 3.05) is 7.05 Å². The third kappa shape index (κ3) is 2.57. The van der Waals surface area contributed by atoms with Gasteiger partial charge in [-0.1, -0.05) is 44.0 Å². The summed E-state index contributed by atoms with van der Waals surface area (Å²) in [6.07, 6.45) is 6.45. The fourth-order valence-electron chi connectivity index (χ4n) is 3.66. The van der Waals surface area contributed by atoms with E-state index >= 15 is 0 Å². The Hall–Kier alpha value is -1.41. The summed E-state index contributed by atoms with van der Waals surface area (Å²) in [4.78, 5) is 4.83. The number of benzene rings is 1. The molecule has 20 heavy (non-hydrogen) atoms. The van der Waals surface area contributed by atoms with Gasteiger partial charge < -0.3 is 5.32 Å². The maximum Gasteiger partial charge on any atom is 0.0705 e. The number of rotatable bonds is 4. The normalized spacial score (nSPS) is 19.3. The molecule has 1 aliphatic carbocycles. The van der Waals surface area contributed by atoms with Gasteiger partial charge in [-0.3, -0.25) is 4.98 Å². The van der Waals surface area contributed by atoms with E-state index in [1.54, 1.807) is 0 Å². The summed E-state index contributed by atoms with van der Waals surface area (Å²) in [6, 6.07) is 13.3. The Balaban J connectivity index is 1.83. The fraction of sp³-hybridized carbons (Fsp3) is 0.500. The van der Waals surface area contributed by atoms with Crippen LogP contribution in [0.2, 0.25) is 0 Å². The highest BCUT2D eigenvalue weighted by Gasteiger charge is 2.36. The van der Waals surface area contributed by atoms with Gasteiger partial charge in [-0.15, -0.1) is 0 Å². The molecule has 3 rings (SSSR count). The van der Waals surface area contributed by atoms with Crippen LogP contribution in [0.1, 0.15) is 38.3 Å². The van der Waals surface area contributed by atoms with Crippen molar-refractivity contribution in [3.63, 3.8) is 0 Å². The van der Waals surface area contributed by atoms with Crippen LogP contribution in [-0.4, -0.2) is 18.1 Å². The SMILES string of the molecule is CNC(Cc1ccc2ccccc2n1)C1(C)CCCC1. The summed E-state index contributed by atoms with van der Waals surface area (Å²) in [5.41, 5.74) is 2.75. The minimum absolute atomic E-state index is 0.433. The first-order valence-electron chi connectivity index (χ1n) is 7.73. The van der Waals surface area contributed by atoms with E-state index in [1.807, 2.05) is 0 Å². The standard InChI is InChI=1S/C18H24N2/c1-18(11-5-6-12-18)17(19-2)13-15-10-9-14-7-3-4-8-16(14)20-15/h3-4,7-10,17,19H,5-6,11-13H2,1-2H3. The van der Waals surface area contributed by atoms with Gasteiger partial charge in [-0.05, 0) is 37.4 Å². The molecule has 2 heteroatoms. The van der Waals surface area contributed by atoms with Crippen molar-refractivity contribution in [2.45, 2.75) is 45.1 Å². The number of aromatic nitrogens is 1. The van der Waals surface area contributed by atoms with Crippen molar-refractivity contribution >= 4 is 10.9 Å². The van der Waals surface area contributed by atoms with E-state index in [0.29, 0.717) is 11.5 Å². The molecule has 0 spiro atoms. The van der Waals surface area contributed by atoms with Crippen LogP contribution in [0, 0.1) is 5.41 Å². The lowest BCUT2D eigenvalue weighted by molar-refractivity contribution is 0.228. The van der Waals surface area contributed by atoms with Gasteiger partial charge in [0, 0.05) is 23.5 Å². The molecule has 1 saturated carbocycles. The van der Waals surface area contributed by atoms with Gasteiger partial charge in [0.15, 0.2) is 0 Å². The van der Waals surface area contributed by atoms with E-state index in [9.17, 15) is 0 Å². The first-order chi connectivity index (χ1) is 9.71. The molecule has 1 heterocycles. The zero-order valence-electron chi connectivity index (χ0n) is 12.5. The van der Waals surface area contributed by atoms with Crippen molar-refractivity contribution in [2.24, 2.45) is 5.41 Å². The number of nitrogens with one attached hydrogen (secondary N) is 1. The summed E-state index contributed by atoms with van der Waals surface area (Å²) in [6.45, 7) is 2.43. The third-order valence-corrected chi connectivity index (χ3v) is 5.00. The molecular weight excluding hydrogens is 244 g/mol. The minimum Gasteiger partial charge on any atom is -0.316 e. The number of hydrogen-bond acceptors (Lipinski definition) is 2. The molecule has 1 aromatic heterocycles. The molecule has 1 N–H and O–H groups in total. The molecule has 0 bridgehead atoms. The molecule has 0 amide bonds. The molecule has 1 aromatic carbocycles. The van der Waals surface area contributed by atoms with Crippen molar-refractivity contribution in [3.05, 3.63) is 42.1 Å². The molecule has 0 aliphatic heterocycles. The number of fused-ring (bicyclic) bond motifs is 1. The predicted octanol–water partition coefficient (Wildman–Crippen LogP) is 3.95. The maximum atomic E-state index is 4.83. The lowest BCUT2D eigenvalue weighted by Gasteiger charge is -2.34. The Morgan fingerprint density at radius 3 is 2.65 bits per heavy atom. The van der Waals surface area contributed by atoms with Gasteiger partial charge >= 0.3 is 0 Å². The molecule has 0 saturated heterocycles. The van der Waals surface area contributed by atoms with Crippen molar-refractivity contribution < 1.29 is 0 Å². The minimum atomic E-state index is 0.433. The number of likely N-dealkylation sites (N-methyl/N-ethyl adjacent to an activating group) is 1. The molecule has 2 nitrogen and oxygen atoms in total. The molecule has 1 unspecified atom stereocenters. The first kappa shape index (κ1) is 13.6. The number of nitrogens with zero attached hydrogens (tertiary/aromatic N) is 1. The lowest BCUT2D eigenvalue weighted by Crippen LogP contribution is -2.42. The zero-order valence-corrected chi connectivity index (χ0v) is 12.5. The van der Waals surface area contributed by atoms with E-state index in [1.165, 1.54) is 36.8 Å². The smallest absolute Gasteiger partial charge is 0.0705 e. The second-order valence-corrected chi connectivity index (χ2v) is 6.40. The van der Waals surface area contributed by atoms with Gasteiger partial charge in [-0.2, -0.15) is 0 Å². The fourth-order valence-corrected chi connectivity index (χ4v) is 3.66. The second kappa shape index (κ2) is 5.53. The number of hydrogen-bond donors (Lipinski definition) is 1. The van der Waals surface area contributed by atoms with E-state index in [4.69, 9.17) is 4.98 Å². The Morgan fingerprint density at radius 2 is 1.90 bits per heavy atom. The van der Waals surface area contributed by atoms with Crippen LogP contribution in [-0.2, 0) is 6.42 Å². The highest BCUT2D eigenvalue weighted by molar-refractivity contribution is 5.78. The number of para-hydroxylation sites is 1. The quantitative estimate of drug-likeness (QED) is 0.908. The van der Waals surface area contributed by atoms with Crippen molar-refractivity contribution in [1.82, 2.24) is 10.3 Å². The van der Waals surface area contributed by atoms with E-state index in [2.05, 4.69) is 55.7 Å². The molecule has 106 valence electrons. The molecule has 0 radical (unpaired) electrons. The lowest BCUT2D eigenvalue weighted by atomic mass is 9.78. The summed E-state index contributed by atoms with van der Waals surface area (Å²) in [5.74, 6) is 0. The molecule has 1 aliphatic rings. The zero-order chi connectivity index (χ0) is 14.0. The molecule has 2 aromatic rings. The van der Waals surface area contributed by atoms with E-state index in [-0.39, 0.29) is 0 Å². The van der Waals surface area contributed by atoms with Crippen LogP contribution in [0.25, 0.3) is 10.9 Å². The second-order valence-electron chi connectivity index (χ2n) is 6.40. The summed E-state index contributed by atoms with van der Waals surface area (Å²) < 4.78 is 0. The van der Waals surface area contributed by atoms with Crippen LogP contribution < -0.4 is 5.32 Å². The Labute approximate surface area is 121 Å². The van der Waals surface area contributed by atoms with Crippen molar-refractivity contribution in [3.8, 4) is 0 Å². The third-order valence-electron chi connectivity index (χ3n) is 5.00. The van der Waals surface area contributed by atoms with Gasteiger partial charge in [0.25, 0.3) is 0 Å².